The van der Waals surface area contributed by atoms with E-state index in [4.69, 9.17) is 15.6 Å². The molecule has 5 aromatic rings. The molecule has 15 heteroatoms. The first-order valence-electron chi connectivity index (χ1n) is 17.8. The minimum atomic E-state index is -0.769. The van der Waals surface area contributed by atoms with Gasteiger partial charge in [0, 0.05) is 58.4 Å². The van der Waals surface area contributed by atoms with Crippen LogP contribution in [-0.4, -0.2) is 62.2 Å². The molecule has 13 nitrogen and oxygen atoms in total. The summed E-state index contributed by atoms with van der Waals surface area (Å²) in [4.78, 5) is 48.8. The lowest BCUT2D eigenvalue weighted by Gasteiger charge is -2.25. The number of nitrogens with one attached hydrogen (secondary N) is 3. The highest BCUT2D eigenvalue weighted by Crippen LogP contribution is 2.28. The van der Waals surface area contributed by atoms with Crippen LogP contribution in [0.5, 0.6) is 11.5 Å². The first kappa shape index (κ1) is 46.2. The number of phenols is 2. The Hall–Kier alpha value is -6.19. The number of allylic oxidation sites excluding steroid dienone is 1. The Morgan fingerprint density at radius 3 is 2.05 bits per heavy atom. The number of imide groups is 1. The SMILES string of the molecule is CC(=O)Nc1cccc(-c2cc(Nc3ccc(O)cc3C)n[nH]2)c1.CSC(=CC(=O)c1cccc(N(C(C)=O)C(=O)OC(C)(C)C)c1)SC.Cc1cc(O)ccc1N. The third-order valence-electron chi connectivity index (χ3n) is 7.73. The molecule has 58 heavy (non-hydrogen) atoms. The summed E-state index contributed by atoms with van der Waals surface area (Å²) in [7, 11) is 0. The van der Waals surface area contributed by atoms with E-state index in [1.807, 2.05) is 56.7 Å². The number of ketones is 1. The molecule has 3 amide bonds. The van der Waals surface area contributed by atoms with Gasteiger partial charge in [-0.05, 0) is 119 Å². The van der Waals surface area contributed by atoms with Crippen molar-refractivity contribution >= 4 is 75.8 Å². The van der Waals surface area contributed by atoms with Crippen LogP contribution in [0.4, 0.5) is 33.4 Å². The van der Waals surface area contributed by atoms with Crippen molar-refractivity contribution in [3.63, 3.8) is 0 Å². The van der Waals surface area contributed by atoms with Gasteiger partial charge in [0.05, 0.1) is 11.4 Å². The number of phenolic OH excluding ortho intramolecular Hbond substituents is 2. The van der Waals surface area contributed by atoms with E-state index < -0.39 is 17.6 Å². The number of benzene rings is 4. The van der Waals surface area contributed by atoms with Crippen molar-refractivity contribution in [3.05, 3.63) is 118 Å². The van der Waals surface area contributed by atoms with E-state index in [-0.39, 0.29) is 23.2 Å². The second kappa shape index (κ2) is 21.4. The summed E-state index contributed by atoms with van der Waals surface area (Å²) < 4.78 is 6.16. The van der Waals surface area contributed by atoms with Crippen LogP contribution in [-0.2, 0) is 14.3 Å². The quantitative estimate of drug-likeness (QED) is 0.0356. The molecule has 0 saturated carbocycles. The lowest BCUT2D eigenvalue weighted by atomic mass is 10.1. The predicted molar refractivity (Wildman–Crippen MR) is 237 cm³/mol. The summed E-state index contributed by atoms with van der Waals surface area (Å²) in [5.41, 5.74) is 11.4. The normalized spacial score (nSPS) is 10.4. The molecule has 0 atom stereocenters. The van der Waals surface area contributed by atoms with Crippen molar-refractivity contribution in [1.29, 1.82) is 0 Å². The lowest BCUT2D eigenvalue weighted by molar-refractivity contribution is -0.116. The van der Waals surface area contributed by atoms with E-state index in [2.05, 4.69) is 20.8 Å². The minimum absolute atomic E-state index is 0.109. The number of H-pyrrole nitrogens is 1. The number of aromatic nitrogens is 2. The highest BCUT2D eigenvalue weighted by atomic mass is 32.2. The molecule has 4 aromatic carbocycles. The Morgan fingerprint density at radius 1 is 0.845 bits per heavy atom. The van der Waals surface area contributed by atoms with Gasteiger partial charge in [-0.15, -0.1) is 23.5 Å². The largest absolute Gasteiger partial charge is 0.508 e. The van der Waals surface area contributed by atoms with E-state index in [0.29, 0.717) is 22.8 Å². The Balaban J connectivity index is 0.000000256. The summed E-state index contributed by atoms with van der Waals surface area (Å²) in [5.74, 6) is 0.388. The summed E-state index contributed by atoms with van der Waals surface area (Å²) in [5, 5.41) is 31.6. The predicted octanol–water partition coefficient (Wildman–Crippen LogP) is 9.80. The van der Waals surface area contributed by atoms with Gasteiger partial charge in [0.25, 0.3) is 0 Å². The summed E-state index contributed by atoms with van der Waals surface area (Å²) in [6.07, 6.45) is 4.56. The maximum Gasteiger partial charge on any atom is 0.421 e. The Labute approximate surface area is 347 Å². The van der Waals surface area contributed by atoms with Gasteiger partial charge in [0.15, 0.2) is 11.6 Å². The Morgan fingerprint density at radius 2 is 1.48 bits per heavy atom. The van der Waals surface area contributed by atoms with Gasteiger partial charge in [0.1, 0.15) is 17.1 Å². The monoisotopic (exact) mass is 826 g/mol. The van der Waals surface area contributed by atoms with Crippen LogP contribution in [0.3, 0.4) is 0 Å². The smallest absolute Gasteiger partial charge is 0.421 e. The number of hydrogen-bond donors (Lipinski definition) is 6. The fraction of sp³-hybridized carbons (Fsp3) is 0.233. The number of aryl methyl sites for hydroxylation is 2. The Bertz CT molecular complexity index is 2260. The molecule has 1 aromatic heterocycles. The van der Waals surface area contributed by atoms with Crippen molar-refractivity contribution in [3.8, 4) is 22.8 Å². The number of nitrogens with zero attached hydrogens (tertiary/aromatic N) is 2. The standard InChI is InChI=1S/C18H18N4O2.C18H23NO4S2.C7H9NO/c1-11-8-15(24)6-7-16(11)20-18-10-17(21-22-18)13-4-3-5-14(9-13)19-12(2)23;1-12(20)19(17(22)23-18(2,3)4)14-9-7-8-13(10-14)15(21)11-16(24-5)25-6;1-5-4-6(9)2-3-7(5)8/h3-10,24H,1-2H3,(H,19,23)(H2,20,21,22);7-11H,1-6H3;2-4,9H,8H2,1H3. The Kier molecular flexibility index (Phi) is 17.0. The highest BCUT2D eigenvalue weighted by Gasteiger charge is 2.27. The number of carbonyl (C=O) groups is 4. The highest BCUT2D eigenvalue weighted by molar-refractivity contribution is 8.21. The number of anilines is 5. The molecular weight excluding hydrogens is 777 g/mol. The number of hydrogen-bond acceptors (Lipinski definition) is 12. The summed E-state index contributed by atoms with van der Waals surface area (Å²) in [6.45, 7) is 11.7. The molecule has 0 saturated heterocycles. The van der Waals surface area contributed by atoms with Gasteiger partial charge in [-0.2, -0.15) is 5.10 Å². The number of thioether (sulfide) groups is 2. The maximum absolute atomic E-state index is 12.4. The number of amides is 3. The van der Waals surface area contributed by atoms with Crippen LogP contribution >= 0.6 is 23.5 Å². The van der Waals surface area contributed by atoms with Crippen molar-refractivity contribution in [1.82, 2.24) is 10.2 Å². The molecule has 0 radical (unpaired) electrons. The van der Waals surface area contributed by atoms with E-state index in [1.54, 1.807) is 81.4 Å². The number of aromatic amines is 1. The number of aromatic hydroxyl groups is 2. The molecule has 0 bridgehead atoms. The van der Waals surface area contributed by atoms with Crippen molar-refractivity contribution in [2.24, 2.45) is 0 Å². The topological polar surface area (TPSA) is 200 Å². The molecule has 0 unspecified atom stereocenters. The molecule has 0 fully saturated rings. The second-order valence-corrected chi connectivity index (χ2v) is 15.7. The van der Waals surface area contributed by atoms with Crippen molar-refractivity contribution in [2.75, 3.05) is 33.8 Å². The van der Waals surface area contributed by atoms with Crippen LogP contribution in [0.25, 0.3) is 11.3 Å². The molecule has 5 rings (SSSR count). The average molecular weight is 827 g/mol. The van der Waals surface area contributed by atoms with E-state index in [0.717, 1.165) is 42.9 Å². The number of nitrogens with two attached hydrogens (primary N) is 1. The van der Waals surface area contributed by atoms with Crippen LogP contribution in [0.15, 0.2) is 101 Å². The fourth-order valence-corrected chi connectivity index (χ4v) is 6.12. The average Bonchev–Trinajstić information content (AvgIpc) is 3.62. The van der Waals surface area contributed by atoms with E-state index in [9.17, 15) is 24.3 Å². The van der Waals surface area contributed by atoms with Crippen LogP contribution in [0, 0.1) is 13.8 Å². The zero-order chi connectivity index (χ0) is 43.2. The zero-order valence-electron chi connectivity index (χ0n) is 34.0. The number of carbonyl (C=O) groups excluding carboxylic acids is 4. The molecule has 7 N–H and O–H groups in total. The summed E-state index contributed by atoms with van der Waals surface area (Å²) >= 11 is 2.97. The molecule has 0 aliphatic carbocycles. The van der Waals surface area contributed by atoms with Crippen LogP contribution in [0.2, 0.25) is 0 Å². The van der Waals surface area contributed by atoms with Gasteiger partial charge < -0.3 is 31.3 Å². The zero-order valence-corrected chi connectivity index (χ0v) is 35.6. The first-order valence-corrected chi connectivity index (χ1v) is 20.3. The van der Waals surface area contributed by atoms with Gasteiger partial charge in [-0.3, -0.25) is 19.5 Å². The molecule has 306 valence electrons. The molecule has 0 spiro atoms. The first-order chi connectivity index (χ1) is 27.3. The lowest BCUT2D eigenvalue weighted by Crippen LogP contribution is -2.39. The summed E-state index contributed by atoms with van der Waals surface area (Å²) in [6, 6.07) is 25.8. The van der Waals surface area contributed by atoms with Crippen molar-refractivity contribution in [2.45, 2.75) is 54.1 Å². The number of rotatable bonds is 9. The van der Waals surface area contributed by atoms with Crippen molar-refractivity contribution < 1.29 is 34.1 Å². The molecule has 0 aliphatic heterocycles. The molecule has 0 aliphatic rings. The third-order valence-corrected chi connectivity index (χ3v) is 9.77. The number of ether oxygens (including phenoxy) is 1. The molecular formula is C43H50N6O7S2. The third kappa shape index (κ3) is 14.7. The second-order valence-electron chi connectivity index (χ2n) is 13.7. The molecule has 1 heterocycles. The van der Waals surface area contributed by atoms with Gasteiger partial charge >= 0.3 is 6.09 Å². The van der Waals surface area contributed by atoms with Crippen LogP contribution in [0.1, 0.15) is 56.1 Å². The van der Waals surface area contributed by atoms with Gasteiger partial charge in [-0.25, -0.2) is 9.69 Å². The van der Waals surface area contributed by atoms with E-state index >= 15 is 0 Å². The van der Waals surface area contributed by atoms with Gasteiger partial charge in [-0.1, -0.05) is 24.3 Å². The van der Waals surface area contributed by atoms with Crippen LogP contribution < -0.4 is 21.3 Å². The fourth-order valence-electron chi connectivity index (χ4n) is 5.00. The van der Waals surface area contributed by atoms with Gasteiger partial charge in [0.2, 0.25) is 11.8 Å². The minimum Gasteiger partial charge on any atom is -0.508 e. The van der Waals surface area contributed by atoms with E-state index in [1.165, 1.54) is 43.4 Å². The maximum atomic E-state index is 12.4. The number of nitrogen functional groups attached to an aromatic ring is 1.